The Labute approximate surface area is 272 Å². The summed E-state index contributed by atoms with van der Waals surface area (Å²) in [7, 11) is 0. The molecule has 1 saturated heterocycles. The molecular weight excluding hydrogens is 593 g/mol. The van der Waals surface area contributed by atoms with E-state index in [-0.39, 0.29) is 24.7 Å². The van der Waals surface area contributed by atoms with E-state index in [9.17, 15) is 5.11 Å². The number of ether oxygens (including phenoxy) is 2. The molecule has 0 saturated carbocycles. The Morgan fingerprint density at radius 1 is 0.674 bits per heavy atom. The van der Waals surface area contributed by atoms with E-state index in [0.29, 0.717) is 16.7 Å². The first-order valence-corrected chi connectivity index (χ1v) is 16.3. The van der Waals surface area contributed by atoms with Crippen molar-refractivity contribution in [3.05, 3.63) is 162 Å². The average Bonchev–Trinajstić information content (AvgIpc) is 3.56. The molecule has 7 rings (SSSR count). The lowest BCUT2D eigenvalue weighted by atomic mass is 9.84. The summed E-state index contributed by atoms with van der Waals surface area (Å²) in [4.78, 5) is 4.99. The molecule has 2 heterocycles. The van der Waals surface area contributed by atoms with Gasteiger partial charge in [-0.15, -0.1) is 0 Å². The third kappa shape index (κ3) is 6.50. The number of anilines is 1. The van der Waals surface area contributed by atoms with Crippen LogP contribution in [-0.4, -0.2) is 21.9 Å². The zero-order chi connectivity index (χ0) is 31.3. The van der Waals surface area contributed by atoms with Crippen molar-refractivity contribution in [1.29, 1.82) is 0 Å². The van der Waals surface area contributed by atoms with Crippen LogP contribution in [0.5, 0.6) is 0 Å². The van der Waals surface area contributed by atoms with Gasteiger partial charge in [0, 0.05) is 34.0 Å². The van der Waals surface area contributed by atoms with Crippen molar-refractivity contribution < 1.29 is 19.0 Å². The van der Waals surface area contributed by atoms with Crippen LogP contribution in [0.15, 0.2) is 149 Å². The summed E-state index contributed by atoms with van der Waals surface area (Å²) in [6, 6.07) is 46.1. The van der Waals surface area contributed by atoms with E-state index in [0.717, 1.165) is 44.8 Å². The summed E-state index contributed by atoms with van der Waals surface area (Å²) in [6.45, 7) is -0.0195. The van der Waals surface area contributed by atoms with Crippen LogP contribution in [0.4, 0.5) is 5.69 Å². The lowest BCUT2D eigenvalue weighted by Gasteiger charge is -2.43. The molecule has 3 N–H and O–H groups in total. The number of thioether (sulfide) groups is 1. The van der Waals surface area contributed by atoms with Crippen LogP contribution in [0.3, 0.4) is 0 Å². The topological polar surface area (TPSA) is 90.7 Å². The first-order valence-electron chi connectivity index (χ1n) is 15.3. The zero-order valence-corrected chi connectivity index (χ0v) is 25.9. The van der Waals surface area contributed by atoms with Crippen LogP contribution < -0.4 is 5.73 Å². The summed E-state index contributed by atoms with van der Waals surface area (Å²) in [6.07, 6.45) is -1.24. The van der Waals surface area contributed by atoms with Crippen LogP contribution >= 0.6 is 11.8 Å². The SMILES string of the molecule is Nc1cccc(C2OC(CSc3nc(-c4ccccc4)c(-c4ccccc4)o3)C(c3ccccc3)C(c3ccc(CO)cc3)O2)c1. The fourth-order valence-electron chi connectivity index (χ4n) is 5.95. The summed E-state index contributed by atoms with van der Waals surface area (Å²) >= 11 is 1.54. The molecule has 6 nitrogen and oxygen atoms in total. The molecule has 4 unspecified atom stereocenters. The predicted molar refractivity (Wildman–Crippen MR) is 182 cm³/mol. The second-order valence-electron chi connectivity index (χ2n) is 11.3. The fourth-order valence-corrected chi connectivity index (χ4v) is 6.84. The van der Waals surface area contributed by atoms with E-state index in [2.05, 4.69) is 24.3 Å². The van der Waals surface area contributed by atoms with Crippen molar-refractivity contribution in [3.63, 3.8) is 0 Å². The highest BCUT2D eigenvalue weighted by Gasteiger charge is 2.42. The van der Waals surface area contributed by atoms with Gasteiger partial charge in [-0.1, -0.05) is 139 Å². The van der Waals surface area contributed by atoms with Crippen LogP contribution in [0.2, 0.25) is 0 Å². The molecule has 230 valence electrons. The smallest absolute Gasteiger partial charge is 0.256 e. The molecule has 4 atom stereocenters. The van der Waals surface area contributed by atoms with E-state index < -0.39 is 6.29 Å². The third-order valence-corrected chi connectivity index (χ3v) is 9.13. The summed E-state index contributed by atoms with van der Waals surface area (Å²) in [5.74, 6) is 1.17. The van der Waals surface area contributed by atoms with Crippen molar-refractivity contribution in [3.8, 4) is 22.6 Å². The van der Waals surface area contributed by atoms with Crippen LogP contribution in [-0.2, 0) is 16.1 Å². The molecule has 0 radical (unpaired) electrons. The molecule has 0 spiro atoms. The normalized spacial score (nSPS) is 19.6. The van der Waals surface area contributed by atoms with Gasteiger partial charge in [-0.2, -0.15) is 0 Å². The standard InChI is InChI=1S/C39H34N2O4S/c40-32-18-10-17-31(23-32)38-43-33(34(27-11-4-1-5-12-27)36(44-38)30-21-19-26(24-42)20-22-30)25-46-39-41-35(28-13-6-2-7-14-28)37(45-39)29-15-8-3-9-16-29/h1-23,33-34,36,38,42H,24-25,40H2. The molecule has 46 heavy (non-hydrogen) atoms. The van der Waals surface area contributed by atoms with Crippen molar-refractivity contribution >= 4 is 17.4 Å². The molecule has 5 aromatic carbocycles. The number of benzene rings is 5. The van der Waals surface area contributed by atoms with Gasteiger partial charge >= 0.3 is 0 Å². The van der Waals surface area contributed by atoms with Crippen LogP contribution in [0.1, 0.15) is 40.6 Å². The number of hydrogen-bond acceptors (Lipinski definition) is 7. The van der Waals surface area contributed by atoms with Gasteiger partial charge < -0.3 is 24.7 Å². The monoisotopic (exact) mass is 626 g/mol. The highest BCUT2D eigenvalue weighted by atomic mass is 32.2. The fraction of sp³-hybridized carbons (Fsp3) is 0.154. The zero-order valence-electron chi connectivity index (χ0n) is 25.1. The molecule has 1 fully saturated rings. The third-order valence-electron chi connectivity index (χ3n) is 8.22. The number of rotatable bonds is 9. The molecule has 1 aromatic heterocycles. The van der Waals surface area contributed by atoms with Crippen molar-refractivity contribution in [2.75, 3.05) is 11.5 Å². The Hall–Kier alpha value is -4.66. The van der Waals surface area contributed by atoms with E-state index in [4.69, 9.17) is 24.6 Å². The van der Waals surface area contributed by atoms with Gasteiger partial charge in [-0.3, -0.25) is 0 Å². The van der Waals surface area contributed by atoms with Gasteiger partial charge in [0.05, 0.1) is 18.8 Å². The highest BCUT2D eigenvalue weighted by Crippen LogP contribution is 2.48. The van der Waals surface area contributed by atoms with E-state index in [1.54, 1.807) is 0 Å². The minimum atomic E-state index is -0.638. The van der Waals surface area contributed by atoms with Crippen molar-refractivity contribution in [2.24, 2.45) is 0 Å². The maximum Gasteiger partial charge on any atom is 0.256 e. The number of oxazole rings is 1. The molecule has 6 aromatic rings. The Kier molecular flexibility index (Phi) is 8.98. The maximum absolute atomic E-state index is 9.69. The Morgan fingerprint density at radius 2 is 1.33 bits per heavy atom. The molecular formula is C39H34N2O4S. The lowest BCUT2D eigenvalue weighted by Crippen LogP contribution is -2.38. The Balaban J connectivity index is 1.26. The van der Waals surface area contributed by atoms with E-state index in [1.165, 1.54) is 11.8 Å². The number of aliphatic hydroxyl groups is 1. The first kappa shape index (κ1) is 30.0. The van der Waals surface area contributed by atoms with Gasteiger partial charge in [-0.05, 0) is 28.8 Å². The van der Waals surface area contributed by atoms with Gasteiger partial charge in [-0.25, -0.2) is 4.98 Å². The number of nitrogen functional groups attached to an aromatic ring is 1. The predicted octanol–water partition coefficient (Wildman–Crippen LogP) is 8.81. The number of hydrogen-bond donors (Lipinski definition) is 2. The second kappa shape index (κ2) is 13.8. The van der Waals surface area contributed by atoms with Crippen LogP contribution in [0, 0.1) is 0 Å². The highest BCUT2D eigenvalue weighted by molar-refractivity contribution is 7.99. The van der Waals surface area contributed by atoms with Gasteiger partial charge in [0.25, 0.3) is 5.22 Å². The van der Waals surface area contributed by atoms with Crippen molar-refractivity contribution in [1.82, 2.24) is 4.98 Å². The Morgan fingerprint density at radius 3 is 2.00 bits per heavy atom. The summed E-state index contributed by atoms with van der Waals surface area (Å²) < 4.78 is 20.1. The lowest BCUT2D eigenvalue weighted by molar-refractivity contribution is -0.255. The summed E-state index contributed by atoms with van der Waals surface area (Å²) in [5, 5.41) is 10.3. The number of nitrogens with two attached hydrogens (primary N) is 1. The van der Waals surface area contributed by atoms with Gasteiger partial charge in [0.1, 0.15) is 5.69 Å². The Bertz CT molecular complexity index is 1810. The molecule has 0 amide bonds. The largest absolute Gasteiger partial charge is 0.431 e. The first-order chi connectivity index (χ1) is 22.7. The second-order valence-corrected chi connectivity index (χ2v) is 12.2. The number of aromatic nitrogens is 1. The van der Waals surface area contributed by atoms with E-state index >= 15 is 0 Å². The number of aliphatic hydroxyl groups excluding tert-OH is 1. The molecule has 1 aliphatic rings. The van der Waals surface area contributed by atoms with Crippen molar-refractivity contribution in [2.45, 2.75) is 36.2 Å². The maximum atomic E-state index is 9.69. The quantitative estimate of drug-likeness (QED) is 0.122. The van der Waals surface area contributed by atoms with E-state index in [1.807, 2.05) is 115 Å². The number of nitrogens with zero attached hydrogens (tertiary/aromatic N) is 1. The van der Waals surface area contributed by atoms with Crippen LogP contribution in [0.25, 0.3) is 22.6 Å². The van der Waals surface area contributed by atoms with Gasteiger partial charge in [0.2, 0.25) is 0 Å². The summed E-state index contributed by atoms with van der Waals surface area (Å²) in [5.41, 5.74) is 13.4. The minimum absolute atomic E-state index is 0.0195. The minimum Gasteiger partial charge on any atom is -0.431 e. The molecule has 0 aliphatic carbocycles. The molecule has 7 heteroatoms. The molecule has 1 aliphatic heterocycles. The average molecular weight is 627 g/mol. The van der Waals surface area contributed by atoms with Gasteiger partial charge in [0.15, 0.2) is 12.1 Å². The molecule has 0 bridgehead atoms.